The van der Waals surface area contributed by atoms with Crippen LogP contribution in [0.2, 0.25) is 0 Å². The fourth-order valence-corrected chi connectivity index (χ4v) is 5.74. The average molecular weight is 477 g/mol. The Hall–Kier alpha value is -2.65. The van der Waals surface area contributed by atoms with Gasteiger partial charge in [0.1, 0.15) is 19.0 Å². The van der Waals surface area contributed by atoms with E-state index < -0.39 is 15.8 Å². The van der Waals surface area contributed by atoms with E-state index in [0.717, 1.165) is 17.7 Å². The number of hydrogen-bond acceptors (Lipinski definition) is 5. The van der Waals surface area contributed by atoms with E-state index >= 15 is 0 Å². The molecule has 178 valence electrons. The molecule has 1 amide bonds. The second-order valence-corrected chi connectivity index (χ2v) is 10.7. The molecule has 2 aromatic carbocycles. The Morgan fingerprint density at radius 2 is 1.67 bits per heavy atom. The molecule has 0 spiro atoms. The Morgan fingerprint density at radius 1 is 1.03 bits per heavy atom. The van der Waals surface area contributed by atoms with Crippen LogP contribution in [0.25, 0.3) is 0 Å². The number of nitrogens with zero attached hydrogens (tertiary/aromatic N) is 1. The molecule has 1 fully saturated rings. The van der Waals surface area contributed by atoms with Crippen LogP contribution >= 0.6 is 0 Å². The summed E-state index contributed by atoms with van der Waals surface area (Å²) in [6, 6.07) is 10.3. The van der Waals surface area contributed by atoms with Gasteiger partial charge in [0.15, 0.2) is 11.5 Å². The Balaban J connectivity index is 1.40. The number of piperidine rings is 1. The summed E-state index contributed by atoms with van der Waals surface area (Å²) in [6.07, 6.45) is 0.858. The quantitative estimate of drug-likeness (QED) is 0.690. The van der Waals surface area contributed by atoms with E-state index in [-0.39, 0.29) is 41.8 Å². The number of carbonyl (C=O) groups excluding carboxylic acids is 1. The third-order valence-corrected chi connectivity index (χ3v) is 8.08. The maximum Gasteiger partial charge on any atom is 0.243 e. The highest BCUT2D eigenvalue weighted by Crippen LogP contribution is 2.35. The zero-order valence-corrected chi connectivity index (χ0v) is 19.6. The van der Waals surface area contributed by atoms with Gasteiger partial charge in [-0.3, -0.25) is 4.79 Å². The molecule has 9 heteroatoms. The predicted molar refractivity (Wildman–Crippen MR) is 121 cm³/mol. The number of rotatable bonds is 6. The van der Waals surface area contributed by atoms with Crippen LogP contribution in [0.1, 0.15) is 38.3 Å². The van der Waals surface area contributed by atoms with Gasteiger partial charge in [-0.1, -0.05) is 19.9 Å². The Kier molecular flexibility index (Phi) is 6.90. The topological polar surface area (TPSA) is 84.9 Å². The van der Waals surface area contributed by atoms with E-state index in [1.807, 2.05) is 32.0 Å². The molecule has 0 aromatic heterocycles. The summed E-state index contributed by atoms with van der Waals surface area (Å²) in [5, 5.41) is 3.16. The van der Waals surface area contributed by atoms with Crippen molar-refractivity contribution in [1.82, 2.24) is 9.62 Å². The van der Waals surface area contributed by atoms with Gasteiger partial charge >= 0.3 is 0 Å². The van der Waals surface area contributed by atoms with Crippen LogP contribution in [0.4, 0.5) is 4.39 Å². The van der Waals surface area contributed by atoms with Gasteiger partial charge < -0.3 is 14.8 Å². The van der Waals surface area contributed by atoms with Crippen LogP contribution < -0.4 is 14.8 Å². The van der Waals surface area contributed by atoms with Crippen molar-refractivity contribution in [2.75, 3.05) is 26.3 Å². The first kappa shape index (κ1) is 23.5. The molecular weight excluding hydrogens is 447 g/mol. The van der Waals surface area contributed by atoms with Gasteiger partial charge in [-0.25, -0.2) is 12.8 Å². The molecule has 0 saturated carbocycles. The first-order valence-electron chi connectivity index (χ1n) is 11.2. The van der Waals surface area contributed by atoms with Gasteiger partial charge in [0, 0.05) is 19.0 Å². The highest BCUT2D eigenvalue weighted by molar-refractivity contribution is 7.89. The fraction of sp³-hybridized carbons (Fsp3) is 0.458. The lowest BCUT2D eigenvalue weighted by atomic mass is 9.92. The number of benzene rings is 2. The van der Waals surface area contributed by atoms with Crippen LogP contribution in [0.3, 0.4) is 0 Å². The van der Waals surface area contributed by atoms with Gasteiger partial charge in [-0.15, -0.1) is 0 Å². The summed E-state index contributed by atoms with van der Waals surface area (Å²) in [6.45, 7) is 5.59. The third-order valence-electron chi connectivity index (χ3n) is 6.17. The van der Waals surface area contributed by atoms with Gasteiger partial charge in [-0.2, -0.15) is 4.31 Å². The molecule has 1 atom stereocenters. The lowest BCUT2D eigenvalue weighted by molar-refractivity contribution is -0.127. The lowest BCUT2D eigenvalue weighted by Crippen LogP contribution is -2.44. The van der Waals surface area contributed by atoms with Crippen molar-refractivity contribution < 1.29 is 27.1 Å². The van der Waals surface area contributed by atoms with Crippen LogP contribution in [0.15, 0.2) is 47.4 Å². The van der Waals surface area contributed by atoms with Gasteiger partial charge in [0.25, 0.3) is 0 Å². The molecule has 7 nitrogen and oxygen atoms in total. The standard InChI is InChI=1S/C24H29FN2O5S/c1-16(2)23(18-3-8-21-22(15-18)32-14-13-31-21)26-24(28)17-9-11-27(12-10-17)33(29,30)20-6-4-19(25)5-7-20/h3-8,15-17,23H,9-14H2,1-2H3,(H,26,28). The van der Waals surface area contributed by atoms with Gasteiger partial charge in [0.2, 0.25) is 15.9 Å². The second kappa shape index (κ2) is 9.69. The molecule has 33 heavy (non-hydrogen) atoms. The summed E-state index contributed by atoms with van der Waals surface area (Å²) in [4.78, 5) is 13.1. The molecule has 1 unspecified atom stereocenters. The van der Waals surface area contributed by atoms with Crippen LogP contribution in [0.5, 0.6) is 11.5 Å². The number of halogens is 1. The number of sulfonamides is 1. The summed E-state index contributed by atoms with van der Waals surface area (Å²) < 4.78 is 51.4. The molecule has 0 aliphatic carbocycles. The number of fused-ring (bicyclic) bond motifs is 1. The smallest absolute Gasteiger partial charge is 0.243 e. The molecular formula is C24H29FN2O5S. The molecule has 2 aliphatic rings. The Bertz CT molecular complexity index is 1100. The highest BCUT2D eigenvalue weighted by Gasteiger charge is 2.33. The fourth-order valence-electron chi connectivity index (χ4n) is 4.27. The van der Waals surface area contributed by atoms with E-state index in [4.69, 9.17) is 9.47 Å². The largest absolute Gasteiger partial charge is 0.486 e. The number of carbonyl (C=O) groups is 1. The SMILES string of the molecule is CC(C)C(NC(=O)C1CCN(S(=O)(=O)c2ccc(F)cc2)CC1)c1ccc2c(c1)OCCO2. The maximum atomic E-state index is 13.2. The van der Waals surface area contributed by atoms with E-state index in [0.29, 0.717) is 37.6 Å². The molecule has 1 N–H and O–H groups in total. The molecule has 2 aromatic rings. The predicted octanol–water partition coefficient (Wildman–Crippen LogP) is 3.51. The second-order valence-electron chi connectivity index (χ2n) is 8.77. The van der Waals surface area contributed by atoms with Crippen molar-refractivity contribution in [3.8, 4) is 11.5 Å². The van der Waals surface area contributed by atoms with Crippen molar-refractivity contribution in [2.45, 2.75) is 37.6 Å². The van der Waals surface area contributed by atoms with E-state index in [2.05, 4.69) is 5.32 Å². The molecule has 2 heterocycles. The van der Waals surface area contributed by atoms with Crippen LogP contribution in [-0.4, -0.2) is 44.9 Å². The van der Waals surface area contributed by atoms with Crippen molar-refractivity contribution in [1.29, 1.82) is 0 Å². The molecule has 2 aliphatic heterocycles. The first-order valence-corrected chi connectivity index (χ1v) is 12.7. The zero-order chi connectivity index (χ0) is 23.6. The normalized spacial score (nSPS) is 18.2. The Labute approximate surface area is 193 Å². The number of amides is 1. The average Bonchev–Trinajstić information content (AvgIpc) is 2.82. The summed E-state index contributed by atoms with van der Waals surface area (Å²) >= 11 is 0. The summed E-state index contributed by atoms with van der Waals surface area (Å²) in [7, 11) is -3.71. The van der Waals surface area contributed by atoms with Crippen molar-refractivity contribution >= 4 is 15.9 Å². The molecule has 0 bridgehead atoms. The van der Waals surface area contributed by atoms with Crippen molar-refractivity contribution in [3.63, 3.8) is 0 Å². The minimum absolute atomic E-state index is 0.0604. The lowest BCUT2D eigenvalue weighted by Gasteiger charge is -2.32. The Morgan fingerprint density at radius 3 is 2.30 bits per heavy atom. The minimum atomic E-state index is -3.71. The highest BCUT2D eigenvalue weighted by atomic mass is 32.2. The van der Waals surface area contributed by atoms with Gasteiger partial charge in [-0.05, 0) is 60.7 Å². The zero-order valence-electron chi connectivity index (χ0n) is 18.8. The minimum Gasteiger partial charge on any atom is -0.486 e. The van der Waals surface area contributed by atoms with Crippen molar-refractivity contribution in [2.24, 2.45) is 11.8 Å². The van der Waals surface area contributed by atoms with Crippen molar-refractivity contribution in [3.05, 3.63) is 53.8 Å². The molecule has 4 rings (SSSR count). The third kappa shape index (κ3) is 5.14. The van der Waals surface area contributed by atoms with Crippen LogP contribution in [-0.2, 0) is 14.8 Å². The monoisotopic (exact) mass is 476 g/mol. The van der Waals surface area contributed by atoms with E-state index in [9.17, 15) is 17.6 Å². The number of nitrogens with one attached hydrogen (secondary N) is 1. The van der Waals surface area contributed by atoms with E-state index in [1.165, 1.54) is 16.4 Å². The number of hydrogen-bond donors (Lipinski definition) is 1. The summed E-state index contributed by atoms with van der Waals surface area (Å²) in [5.74, 6) is 0.689. The molecule has 1 saturated heterocycles. The van der Waals surface area contributed by atoms with Gasteiger partial charge in [0.05, 0.1) is 10.9 Å². The number of ether oxygens (including phenoxy) is 2. The summed E-state index contributed by atoms with van der Waals surface area (Å²) in [5.41, 5.74) is 0.943. The molecule has 0 radical (unpaired) electrons. The first-order chi connectivity index (χ1) is 15.8. The van der Waals surface area contributed by atoms with Crippen LogP contribution in [0, 0.1) is 17.7 Å². The maximum absolute atomic E-state index is 13.2. The van der Waals surface area contributed by atoms with E-state index in [1.54, 1.807) is 0 Å².